The number of aliphatic imine (C=N–C) groups is 1. The second-order valence-corrected chi connectivity index (χ2v) is 7.62. The molecule has 7 nitrogen and oxygen atoms in total. The molecule has 2 rings (SSSR count). The number of halogens is 1. The van der Waals surface area contributed by atoms with Crippen LogP contribution in [0.3, 0.4) is 0 Å². The standard InChI is InChI=1S/C22H37N5O2.HI/c1-4-23-22(26-17-20(18(2)3)27-12-14-29-15-13-27)24-11-10-21(28)25-16-19-8-6-5-7-9-19;/h5-9,18,20H,4,10-17H2,1-3H3,(H,25,28)(H2,23,24,26);1H. The molecular weight excluding hydrogens is 493 g/mol. The van der Waals surface area contributed by atoms with Crippen LogP contribution in [0.2, 0.25) is 0 Å². The number of nitrogens with one attached hydrogen (secondary N) is 3. The van der Waals surface area contributed by atoms with Gasteiger partial charge in [0, 0.05) is 45.2 Å². The highest BCUT2D eigenvalue weighted by molar-refractivity contribution is 14.0. The van der Waals surface area contributed by atoms with Crippen molar-refractivity contribution < 1.29 is 9.53 Å². The summed E-state index contributed by atoms with van der Waals surface area (Å²) >= 11 is 0. The van der Waals surface area contributed by atoms with E-state index in [4.69, 9.17) is 9.73 Å². The molecule has 0 aliphatic carbocycles. The van der Waals surface area contributed by atoms with Gasteiger partial charge in [-0.3, -0.25) is 14.7 Å². The van der Waals surface area contributed by atoms with E-state index in [1.807, 2.05) is 37.3 Å². The van der Waals surface area contributed by atoms with E-state index in [0.29, 0.717) is 31.5 Å². The normalized spacial score (nSPS) is 15.9. The Bertz CT molecular complexity index is 621. The first-order valence-corrected chi connectivity index (χ1v) is 10.7. The molecule has 1 atom stereocenters. The highest BCUT2D eigenvalue weighted by Crippen LogP contribution is 2.13. The van der Waals surface area contributed by atoms with Crippen molar-refractivity contribution in [2.24, 2.45) is 10.9 Å². The van der Waals surface area contributed by atoms with Crippen molar-refractivity contribution in [3.05, 3.63) is 35.9 Å². The number of amides is 1. The average Bonchev–Trinajstić information content (AvgIpc) is 2.73. The van der Waals surface area contributed by atoms with Crippen molar-refractivity contribution in [2.75, 3.05) is 45.9 Å². The van der Waals surface area contributed by atoms with E-state index in [1.165, 1.54) is 0 Å². The third kappa shape index (κ3) is 10.1. The van der Waals surface area contributed by atoms with Crippen LogP contribution in [-0.4, -0.2) is 68.7 Å². The van der Waals surface area contributed by atoms with E-state index in [-0.39, 0.29) is 29.9 Å². The predicted molar refractivity (Wildman–Crippen MR) is 133 cm³/mol. The van der Waals surface area contributed by atoms with Crippen LogP contribution in [0.1, 0.15) is 32.8 Å². The molecule has 1 heterocycles. The lowest BCUT2D eigenvalue weighted by molar-refractivity contribution is -0.121. The Morgan fingerprint density at radius 3 is 2.47 bits per heavy atom. The van der Waals surface area contributed by atoms with Crippen molar-refractivity contribution in [3.63, 3.8) is 0 Å². The van der Waals surface area contributed by atoms with Crippen LogP contribution in [0, 0.1) is 5.92 Å². The third-order valence-electron chi connectivity index (χ3n) is 5.04. The average molecular weight is 531 g/mol. The maximum atomic E-state index is 12.1. The van der Waals surface area contributed by atoms with Gasteiger partial charge in [-0.1, -0.05) is 44.2 Å². The van der Waals surface area contributed by atoms with E-state index >= 15 is 0 Å². The number of carbonyl (C=O) groups is 1. The van der Waals surface area contributed by atoms with Gasteiger partial charge in [0.15, 0.2) is 5.96 Å². The molecule has 0 radical (unpaired) electrons. The molecule has 1 unspecified atom stereocenters. The Morgan fingerprint density at radius 1 is 1.13 bits per heavy atom. The summed E-state index contributed by atoms with van der Waals surface area (Å²) in [6.45, 7) is 12.7. The molecule has 0 saturated carbocycles. The lowest BCUT2D eigenvalue weighted by Gasteiger charge is -2.36. The SMILES string of the molecule is CCNC(=NCC(C(C)C)N1CCOCC1)NCCC(=O)NCc1ccccc1.I. The molecule has 30 heavy (non-hydrogen) atoms. The Kier molecular flexibility index (Phi) is 13.7. The molecule has 1 amide bonds. The maximum absolute atomic E-state index is 12.1. The number of carbonyl (C=O) groups excluding carboxylic acids is 1. The number of guanidine groups is 1. The van der Waals surface area contributed by atoms with E-state index in [9.17, 15) is 4.79 Å². The van der Waals surface area contributed by atoms with Crippen LogP contribution in [0.15, 0.2) is 35.3 Å². The number of hydrogen-bond donors (Lipinski definition) is 3. The van der Waals surface area contributed by atoms with Crippen LogP contribution in [0.5, 0.6) is 0 Å². The summed E-state index contributed by atoms with van der Waals surface area (Å²) in [5.41, 5.74) is 1.10. The van der Waals surface area contributed by atoms with Crippen molar-refractivity contribution in [1.29, 1.82) is 0 Å². The maximum Gasteiger partial charge on any atom is 0.222 e. The van der Waals surface area contributed by atoms with Gasteiger partial charge >= 0.3 is 0 Å². The second kappa shape index (κ2) is 15.4. The number of ether oxygens (including phenoxy) is 1. The summed E-state index contributed by atoms with van der Waals surface area (Å²) in [5, 5.41) is 9.51. The van der Waals surface area contributed by atoms with Crippen LogP contribution in [0.4, 0.5) is 0 Å². The van der Waals surface area contributed by atoms with Gasteiger partial charge in [0.2, 0.25) is 5.91 Å². The Hall–Kier alpha value is -1.39. The first-order chi connectivity index (χ1) is 14.1. The lowest BCUT2D eigenvalue weighted by atomic mass is 10.0. The molecule has 1 aliphatic rings. The quantitative estimate of drug-likeness (QED) is 0.245. The molecule has 0 spiro atoms. The van der Waals surface area contributed by atoms with Gasteiger partial charge in [0.25, 0.3) is 0 Å². The Balaban J connectivity index is 0.00000450. The second-order valence-electron chi connectivity index (χ2n) is 7.62. The van der Waals surface area contributed by atoms with E-state index in [2.05, 4.69) is 34.7 Å². The topological polar surface area (TPSA) is 78.0 Å². The summed E-state index contributed by atoms with van der Waals surface area (Å²) in [5.74, 6) is 1.32. The third-order valence-corrected chi connectivity index (χ3v) is 5.04. The summed E-state index contributed by atoms with van der Waals surface area (Å²) in [7, 11) is 0. The molecule has 1 saturated heterocycles. The van der Waals surface area contributed by atoms with Gasteiger partial charge in [0.05, 0.1) is 19.8 Å². The zero-order valence-electron chi connectivity index (χ0n) is 18.5. The minimum absolute atomic E-state index is 0. The molecule has 0 bridgehead atoms. The fraction of sp³-hybridized carbons (Fsp3) is 0.636. The minimum atomic E-state index is 0. The van der Waals surface area contributed by atoms with Crippen LogP contribution >= 0.6 is 24.0 Å². The van der Waals surface area contributed by atoms with Gasteiger partial charge in [-0.25, -0.2) is 0 Å². The van der Waals surface area contributed by atoms with Crippen molar-refractivity contribution >= 4 is 35.8 Å². The summed E-state index contributed by atoms with van der Waals surface area (Å²) in [6, 6.07) is 10.3. The van der Waals surface area contributed by atoms with Gasteiger partial charge in [-0.05, 0) is 18.4 Å². The molecule has 1 fully saturated rings. The molecular formula is C22H38IN5O2. The molecule has 1 aromatic rings. The summed E-state index contributed by atoms with van der Waals surface area (Å²) in [6.07, 6.45) is 0.411. The molecule has 8 heteroatoms. The van der Waals surface area contributed by atoms with E-state index in [1.54, 1.807) is 0 Å². The molecule has 170 valence electrons. The zero-order chi connectivity index (χ0) is 20.9. The van der Waals surface area contributed by atoms with Crippen molar-refractivity contribution in [2.45, 2.75) is 39.8 Å². The molecule has 1 aliphatic heterocycles. The van der Waals surface area contributed by atoms with E-state index < -0.39 is 0 Å². The van der Waals surface area contributed by atoms with E-state index in [0.717, 1.165) is 50.9 Å². The first-order valence-electron chi connectivity index (χ1n) is 10.7. The number of benzene rings is 1. The smallest absolute Gasteiger partial charge is 0.222 e. The number of nitrogens with zero attached hydrogens (tertiary/aromatic N) is 2. The molecule has 0 aromatic heterocycles. The first kappa shape index (κ1) is 26.6. The largest absolute Gasteiger partial charge is 0.379 e. The van der Waals surface area contributed by atoms with Gasteiger partial charge in [0.1, 0.15) is 0 Å². The van der Waals surface area contributed by atoms with Gasteiger partial charge < -0.3 is 20.7 Å². The molecule has 1 aromatic carbocycles. The summed E-state index contributed by atoms with van der Waals surface area (Å²) < 4.78 is 5.48. The Labute approximate surface area is 198 Å². The fourth-order valence-electron chi connectivity index (χ4n) is 3.36. The highest BCUT2D eigenvalue weighted by atomic mass is 127. The Morgan fingerprint density at radius 2 is 1.83 bits per heavy atom. The number of rotatable bonds is 10. The summed E-state index contributed by atoms with van der Waals surface area (Å²) in [4.78, 5) is 19.3. The lowest BCUT2D eigenvalue weighted by Crippen LogP contribution is -2.48. The zero-order valence-corrected chi connectivity index (χ0v) is 20.9. The van der Waals surface area contributed by atoms with Crippen LogP contribution in [-0.2, 0) is 16.1 Å². The highest BCUT2D eigenvalue weighted by Gasteiger charge is 2.23. The minimum Gasteiger partial charge on any atom is -0.379 e. The molecule has 3 N–H and O–H groups in total. The van der Waals surface area contributed by atoms with Gasteiger partial charge in [-0.15, -0.1) is 24.0 Å². The van der Waals surface area contributed by atoms with Crippen molar-refractivity contribution in [3.8, 4) is 0 Å². The predicted octanol–water partition coefficient (Wildman–Crippen LogP) is 2.22. The van der Waals surface area contributed by atoms with Crippen molar-refractivity contribution in [1.82, 2.24) is 20.9 Å². The van der Waals surface area contributed by atoms with Crippen LogP contribution in [0.25, 0.3) is 0 Å². The van der Waals surface area contributed by atoms with Crippen LogP contribution < -0.4 is 16.0 Å². The monoisotopic (exact) mass is 531 g/mol. The van der Waals surface area contributed by atoms with Gasteiger partial charge in [-0.2, -0.15) is 0 Å². The number of hydrogen-bond acceptors (Lipinski definition) is 4. The fourth-order valence-corrected chi connectivity index (χ4v) is 3.36. The number of morpholine rings is 1.